The highest BCUT2D eigenvalue weighted by Crippen LogP contribution is 2.04. The van der Waals surface area contributed by atoms with Gasteiger partial charge in [-0.05, 0) is 12.3 Å². The van der Waals surface area contributed by atoms with Gasteiger partial charge in [0.25, 0.3) is 0 Å². The first-order chi connectivity index (χ1) is 5.72. The Hall–Kier alpha value is -0.590. The van der Waals surface area contributed by atoms with E-state index in [0.717, 1.165) is 13.0 Å². The molecule has 12 heavy (non-hydrogen) atoms. The molecule has 0 aliphatic rings. The van der Waals surface area contributed by atoms with E-state index in [2.05, 4.69) is 25.2 Å². The summed E-state index contributed by atoms with van der Waals surface area (Å²) in [5.41, 5.74) is 0. The van der Waals surface area contributed by atoms with Crippen LogP contribution in [0.15, 0.2) is 0 Å². The molecule has 3 heteroatoms. The van der Waals surface area contributed by atoms with Crippen LogP contribution < -0.4 is 5.32 Å². The summed E-state index contributed by atoms with van der Waals surface area (Å²) in [6.45, 7) is 5.15. The molecule has 70 valence electrons. The third-order valence-electron chi connectivity index (χ3n) is 1.89. The zero-order valence-corrected chi connectivity index (χ0v) is 7.88. The van der Waals surface area contributed by atoms with Crippen LogP contribution >= 0.6 is 0 Å². The molecule has 0 saturated heterocycles. The summed E-state index contributed by atoms with van der Waals surface area (Å²) >= 11 is 0. The largest absolute Gasteiger partial charge is 0.396 e. The van der Waals surface area contributed by atoms with Gasteiger partial charge in [0.2, 0.25) is 0 Å². The van der Waals surface area contributed by atoms with Gasteiger partial charge in [0.15, 0.2) is 0 Å². The van der Waals surface area contributed by atoms with Crippen molar-refractivity contribution in [2.24, 2.45) is 5.92 Å². The SMILES string of the molecule is CC(C)C(CCO)NCCC#N. The molecule has 0 aromatic heterocycles. The minimum Gasteiger partial charge on any atom is -0.396 e. The second kappa shape index (κ2) is 7.08. The number of nitrogens with zero attached hydrogens (tertiary/aromatic N) is 1. The van der Waals surface area contributed by atoms with Crippen molar-refractivity contribution in [2.45, 2.75) is 32.7 Å². The highest BCUT2D eigenvalue weighted by Gasteiger charge is 2.10. The quantitative estimate of drug-likeness (QED) is 0.582. The Labute approximate surface area is 74.4 Å². The first-order valence-corrected chi connectivity index (χ1v) is 4.43. The Morgan fingerprint density at radius 1 is 1.50 bits per heavy atom. The lowest BCUT2D eigenvalue weighted by atomic mass is 10.0. The first kappa shape index (κ1) is 11.4. The summed E-state index contributed by atoms with van der Waals surface area (Å²) < 4.78 is 0. The molecule has 3 nitrogen and oxygen atoms in total. The van der Waals surface area contributed by atoms with Gasteiger partial charge in [-0.3, -0.25) is 0 Å². The fourth-order valence-electron chi connectivity index (χ4n) is 1.12. The summed E-state index contributed by atoms with van der Waals surface area (Å²) in [6, 6.07) is 2.42. The van der Waals surface area contributed by atoms with Crippen LogP contribution in [0.3, 0.4) is 0 Å². The third-order valence-corrected chi connectivity index (χ3v) is 1.89. The minimum atomic E-state index is 0.211. The molecule has 0 rings (SSSR count). The average molecular weight is 170 g/mol. The van der Waals surface area contributed by atoms with E-state index in [-0.39, 0.29) is 6.61 Å². The van der Waals surface area contributed by atoms with Crippen molar-refractivity contribution in [3.63, 3.8) is 0 Å². The van der Waals surface area contributed by atoms with Crippen LogP contribution in [0.25, 0.3) is 0 Å². The minimum absolute atomic E-state index is 0.211. The van der Waals surface area contributed by atoms with Crippen molar-refractivity contribution in [1.82, 2.24) is 5.32 Å². The number of aliphatic hydroxyl groups excluding tert-OH is 1. The van der Waals surface area contributed by atoms with Gasteiger partial charge in [-0.1, -0.05) is 13.8 Å². The lowest BCUT2D eigenvalue weighted by molar-refractivity contribution is 0.245. The lowest BCUT2D eigenvalue weighted by Gasteiger charge is -2.20. The van der Waals surface area contributed by atoms with Crippen molar-refractivity contribution >= 4 is 0 Å². The lowest BCUT2D eigenvalue weighted by Crippen LogP contribution is -2.35. The first-order valence-electron chi connectivity index (χ1n) is 4.43. The standard InChI is InChI=1S/C9H18N2O/c1-8(2)9(4-7-12)11-6-3-5-10/h8-9,11-12H,3-4,6-7H2,1-2H3. The molecular formula is C9H18N2O. The number of rotatable bonds is 6. The fraction of sp³-hybridized carbons (Fsp3) is 0.889. The van der Waals surface area contributed by atoms with Gasteiger partial charge in [-0.2, -0.15) is 5.26 Å². The molecule has 0 aromatic carbocycles. The summed E-state index contributed by atoms with van der Waals surface area (Å²) in [6.07, 6.45) is 1.30. The van der Waals surface area contributed by atoms with Gasteiger partial charge < -0.3 is 10.4 Å². The van der Waals surface area contributed by atoms with Gasteiger partial charge in [0.1, 0.15) is 0 Å². The van der Waals surface area contributed by atoms with Crippen molar-refractivity contribution in [2.75, 3.05) is 13.2 Å². The highest BCUT2D eigenvalue weighted by molar-refractivity contribution is 4.75. The van der Waals surface area contributed by atoms with E-state index in [1.54, 1.807) is 0 Å². The average Bonchev–Trinajstić information content (AvgIpc) is 2.03. The molecule has 0 saturated carbocycles. The van der Waals surface area contributed by atoms with Crippen LogP contribution in [0.4, 0.5) is 0 Å². The number of nitrogens with one attached hydrogen (secondary N) is 1. The van der Waals surface area contributed by atoms with Gasteiger partial charge in [0, 0.05) is 25.6 Å². The Morgan fingerprint density at radius 3 is 2.58 bits per heavy atom. The Morgan fingerprint density at radius 2 is 2.17 bits per heavy atom. The molecular weight excluding hydrogens is 152 g/mol. The van der Waals surface area contributed by atoms with Crippen LogP contribution in [-0.2, 0) is 0 Å². The molecule has 0 spiro atoms. The topological polar surface area (TPSA) is 56.0 Å². The van der Waals surface area contributed by atoms with E-state index in [0.29, 0.717) is 18.4 Å². The molecule has 0 fully saturated rings. The van der Waals surface area contributed by atoms with Crippen molar-refractivity contribution < 1.29 is 5.11 Å². The van der Waals surface area contributed by atoms with E-state index < -0.39 is 0 Å². The van der Waals surface area contributed by atoms with E-state index in [9.17, 15) is 0 Å². The van der Waals surface area contributed by atoms with E-state index in [1.807, 2.05) is 0 Å². The maximum Gasteiger partial charge on any atom is 0.0635 e. The fourth-order valence-corrected chi connectivity index (χ4v) is 1.12. The van der Waals surface area contributed by atoms with Crippen LogP contribution in [0, 0.1) is 17.2 Å². The van der Waals surface area contributed by atoms with Gasteiger partial charge in [0.05, 0.1) is 6.07 Å². The zero-order chi connectivity index (χ0) is 9.40. The van der Waals surface area contributed by atoms with Crippen LogP contribution in [0.1, 0.15) is 26.7 Å². The highest BCUT2D eigenvalue weighted by atomic mass is 16.3. The number of aliphatic hydroxyl groups is 1. The summed E-state index contributed by atoms with van der Waals surface area (Å²) in [5.74, 6) is 0.510. The summed E-state index contributed by atoms with van der Waals surface area (Å²) in [4.78, 5) is 0. The van der Waals surface area contributed by atoms with Gasteiger partial charge >= 0.3 is 0 Å². The second-order valence-corrected chi connectivity index (χ2v) is 3.23. The number of hydrogen-bond donors (Lipinski definition) is 2. The van der Waals surface area contributed by atoms with Crippen molar-refractivity contribution in [3.8, 4) is 6.07 Å². The molecule has 0 aliphatic heterocycles. The molecule has 2 N–H and O–H groups in total. The van der Waals surface area contributed by atoms with Crippen LogP contribution in [0.2, 0.25) is 0 Å². The monoisotopic (exact) mass is 170 g/mol. The molecule has 0 aromatic rings. The maximum absolute atomic E-state index is 8.74. The Bertz CT molecular complexity index is 140. The molecule has 1 atom stereocenters. The number of hydrogen-bond acceptors (Lipinski definition) is 3. The molecule has 0 aliphatic carbocycles. The van der Waals surface area contributed by atoms with E-state index in [4.69, 9.17) is 10.4 Å². The van der Waals surface area contributed by atoms with Crippen LogP contribution in [-0.4, -0.2) is 24.3 Å². The predicted octanol–water partition coefficient (Wildman–Crippen LogP) is 0.897. The summed E-state index contributed by atoms with van der Waals surface area (Å²) in [7, 11) is 0. The molecule has 0 heterocycles. The van der Waals surface area contributed by atoms with Gasteiger partial charge in [-0.25, -0.2) is 0 Å². The normalized spacial score (nSPS) is 12.9. The maximum atomic E-state index is 8.74. The Balaban J connectivity index is 3.57. The van der Waals surface area contributed by atoms with E-state index in [1.165, 1.54) is 0 Å². The van der Waals surface area contributed by atoms with E-state index >= 15 is 0 Å². The molecule has 1 unspecified atom stereocenters. The zero-order valence-electron chi connectivity index (χ0n) is 7.88. The molecule has 0 bridgehead atoms. The van der Waals surface area contributed by atoms with Crippen molar-refractivity contribution in [1.29, 1.82) is 5.26 Å². The summed E-state index contributed by atoms with van der Waals surface area (Å²) in [5, 5.41) is 20.3. The van der Waals surface area contributed by atoms with Gasteiger partial charge in [-0.15, -0.1) is 0 Å². The third kappa shape index (κ3) is 5.11. The van der Waals surface area contributed by atoms with Crippen molar-refractivity contribution in [3.05, 3.63) is 0 Å². The van der Waals surface area contributed by atoms with Crippen LogP contribution in [0.5, 0.6) is 0 Å². The molecule has 0 amide bonds. The smallest absolute Gasteiger partial charge is 0.0635 e. The Kier molecular flexibility index (Phi) is 6.73. The second-order valence-electron chi connectivity index (χ2n) is 3.23. The molecule has 0 radical (unpaired) electrons. The number of nitriles is 1. The predicted molar refractivity (Wildman–Crippen MR) is 48.6 cm³/mol.